The number of benzene rings is 10. The highest BCUT2D eigenvalue weighted by atomic mass is 19.2. The van der Waals surface area contributed by atoms with Crippen molar-refractivity contribution in [3.63, 3.8) is 0 Å². The van der Waals surface area contributed by atoms with E-state index in [1.807, 2.05) is 56.3 Å². The number of rotatable bonds is 10. The molecule has 10 rings (SSSR count). The van der Waals surface area contributed by atoms with Crippen molar-refractivity contribution in [3.8, 4) is 11.1 Å². The Balaban J connectivity index is 0.000000294. The van der Waals surface area contributed by atoms with Gasteiger partial charge in [-0.25, -0.2) is 79.0 Å². The maximum absolute atomic E-state index is 13.7. The van der Waals surface area contributed by atoms with E-state index in [0.717, 1.165) is 56.6 Å². The van der Waals surface area contributed by atoms with Gasteiger partial charge >= 0.3 is 0 Å². The Bertz CT molecular complexity index is 3960. The van der Waals surface area contributed by atoms with Gasteiger partial charge < -0.3 is 0 Å². The summed E-state index contributed by atoms with van der Waals surface area (Å²) in [7, 11) is 0. The lowest BCUT2D eigenvalue weighted by atomic mass is 9.99. The van der Waals surface area contributed by atoms with Gasteiger partial charge in [0.1, 0.15) is 17.5 Å². The molecule has 10 aromatic carbocycles. The van der Waals surface area contributed by atoms with Crippen LogP contribution in [0, 0.1) is 119 Å². The van der Waals surface area contributed by atoms with E-state index in [0.29, 0.717) is 6.92 Å². The van der Waals surface area contributed by atoms with Crippen LogP contribution in [0.1, 0.15) is 103 Å². The van der Waals surface area contributed by atoms with Gasteiger partial charge in [-0.05, 0) is 121 Å². The molecule has 0 aromatic heterocycles. The molecule has 0 aliphatic carbocycles. The summed E-state index contributed by atoms with van der Waals surface area (Å²) in [5.41, 5.74) is 4.81. The molecule has 0 radical (unpaired) electrons. The fraction of sp³-hybridized carbons (Fsp3) is 0.179. The highest BCUT2D eigenvalue weighted by Gasteiger charge is 2.34. The molecule has 96 heavy (non-hydrogen) atoms. The topological polar surface area (TPSA) is 0 Å². The van der Waals surface area contributed by atoms with Crippen LogP contribution >= 0.6 is 0 Å². The van der Waals surface area contributed by atoms with Gasteiger partial charge in [0.05, 0.1) is 21.9 Å². The first-order valence-corrected chi connectivity index (χ1v) is 29.9. The molecule has 18 heteroatoms. The van der Waals surface area contributed by atoms with Gasteiger partial charge in [0.2, 0.25) is 5.82 Å². The summed E-state index contributed by atoms with van der Waals surface area (Å²) in [6.45, 7) is 25.1. The Kier molecular flexibility index (Phi) is 33.6. The summed E-state index contributed by atoms with van der Waals surface area (Å²) in [5.74, 6) is -36.0. The Morgan fingerprint density at radius 2 is 0.625 bits per heavy atom. The number of fused-ring (bicyclic) bond motifs is 1. The van der Waals surface area contributed by atoms with Crippen LogP contribution in [0.5, 0.6) is 0 Å². The number of hydrogen-bond acceptors (Lipinski definition) is 0. The minimum Gasteiger partial charge on any atom is -0.207 e. The van der Waals surface area contributed by atoms with Crippen molar-refractivity contribution in [2.45, 2.75) is 93.9 Å². The third-order valence-electron chi connectivity index (χ3n) is 14.3. The van der Waals surface area contributed by atoms with Crippen molar-refractivity contribution < 1.29 is 79.0 Å². The lowest BCUT2D eigenvalue weighted by Gasteiger charge is -2.12. The largest absolute Gasteiger partial charge is 0.207 e. The van der Waals surface area contributed by atoms with Crippen molar-refractivity contribution >= 4 is 29.0 Å². The molecule has 10 aromatic rings. The lowest BCUT2D eigenvalue weighted by Crippen LogP contribution is -2.09. The van der Waals surface area contributed by atoms with E-state index in [2.05, 4.69) is 138 Å². The maximum Gasteiger partial charge on any atom is 0.200 e. The zero-order valence-corrected chi connectivity index (χ0v) is 53.8. The van der Waals surface area contributed by atoms with Crippen LogP contribution in [0.15, 0.2) is 171 Å². The second-order valence-corrected chi connectivity index (χ2v) is 20.4. The average Bonchev–Trinajstić information content (AvgIpc) is 0.756. The van der Waals surface area contributed by atoms with Crippen LogP contribution in [-0.4, -0.2) is 0 Å². The Hall–Kier alpha value is -9.58. The van der Waals surface area contributed by atoms with Crippen molar-refractivity contribution in [1.82, 2.24) is 0 Å². The first-order valence-electron chi connectivity index (χ1n) is 29.9. The van der Waals surface area contributed by atoms with Crippen LogP contribution in [0.25, 0.3) is 40.1 Å². The minimum absolute atomic E-state index is 0.0972. The lowest BCUT2D eigenvalue weighted by molar-refractivity contribution is 0.379. The molecule has 0 fully saturated rings. The molecule has 0 unspecified atom stereocenters. The fourth-order valence-corrected chi connectivity index (χ4v) is 8.53. The molecule has 0 heterocycles. The average molecular weight is 1350 g/mol. The van der Waals surface area contributed by atoms with Crippen molar-refractivity contribution in [3.05, 3.63) is 337 Å². The van der Waals surface area contributed by atoms with E-state index in [9.17, 15) is 79.0 Å². The predicted molar refractivity (Wildman–Crippen MR) is 350 cm³/mol. The normalized spacial score (nSPS) is 10.1. The predicted octanol–water partition coefficient (Wildman–Crippen LogP) is 24.7. The van der Waals surface area contributed by atoms with E-state index in [1.165, 1.54) is 51.1 Å². The van der Waals surface area contributed by atoms with Crippen LogP contribution in [0.3, 0.4) is 0 Å². The van der Waals surface area contributed by atoms with E-state index in [1.54, 1.807) is 24.3 Å². The van der Waals surface area contributed by atoms with Crippen LogP contribution in [0.2, 0.25) is 0 Å². The van der Waals surface area contributed by atoms with Gasteiger partial charge in [0, 0.05) is 11.1 Å². The SMILES string of the molecule is C=Cc1ccc(CC)cc1.C=Cc1cccc(CC)c1.C=Cc1ccccc1CC.CCc1cccc(F)c1.CCc1ccccc1.CCc1ccccc1F.Cc1c(F)c(F)c(-c2c(F)c(F)c(F)c(F)c2F)c(F)c1F.Cc1c(F)c(F)c2c(F)c(F)c(F)c(F)c2c1F. The summed E-state index contributed by atoms with van der Waals surface area (Å²) < 4.78 is 237. The molecule has 0 amide bonds. The van der Waals surface area contributed by atoms with Crippen LogP contribution in [-0.2, 0) is 38.5 Å². The van der Waals surface area contributed by atoms with E-state index in [4.69, 9.17) is 0 Å². The molecule has 0 spiro atoms. The highest BCUT2D eigenvalue weighted by Crippen LogP contribution is 2.38. The van der Waals surface area contributed by atoms with Gasteiger partial charge in [-0.3, -0.25) is 0 Å². The zero-order valence-electron chi connectivity index (χ0n) is 53.8. The summed E-state index contributed by atoms with van der Waals surface area (Å²) in [4.78, 5) is 0. The Labute approximate surface area is 548 Å². The quantitative estimate of drug-likeness (QED) is 0.0727. The van der Waals surface area contributed by atoms with Crippen LogP contribution in [0.4, 0.5) is 79.0 Å². The van der Waals surface area contributed by atoms with E-state index >= 15 is 0 Å². The second-order valence-electron chi connectivity index (χ2n) is 20.4. The second kappa shape index (κ2) is 40.0. The van der Waals surface area contributed by atoms with E-state index < -0.39 is 126 Å². The molecular formula is C78H70F18. The molecule has 0 saturated heterocycles. The Morgan fingerprint density at radius 1 is 0.271 bits per heavy atom. The standard InChI is InChI=1S/C13H3F9.C11H3F7.3C10H12.2C8H9F.C8H10/c1-2-5(14)7(16)3(8(17)6(2)15)4-9(18)11(20)13(22)12(21)10(4)19;1-2-5(12)3-4(7(14)6(2)13)9(16)11(18)10(17)8(3)15;1-3-9-5-7-10(4-2)8-6-9;1-3-9-6-5-7-10(4-2)8-9;1-3-9-7-5-6-8-10(9)4-2;1-2-7-4-3-5-8(9)6-7;1-2-7-5-3-4-6-8(7)9;1-2-8-6-4-3-5-7-8/h1H3;1H3;3*3,5-8H,1,4H2,2H3;2*3-6H,2H2,1H3;3-7H,2H2,1H3. The third-order valence-corrected chi connectivity index (χ3v) is 14.3. The van der Waals surface area contributed by atoms with Gasteiger partial charge in [-0.1, -0.05) is 213 Å². The number of aryl methyl sites for hydroxylation is 6. The molecule has 0 N–H and O–H groups in total. The van der Waals surface area contributed by atoms with Gasteiger partial charge in [0.25, 0.3) is 0 Å². The highest BCUT2D eigenvalue weighted by molar-refractivity contribution is 5.86. The number of hydrogen-bond donors (Lipinski definition) is 0. The Morgan fingerprint density at radius 3 is 1.03 bits per heavy atom. The smallest absolute Gasteiger partial charge is 0.200 e. The van der Waals surface area contributed by atoms with Crippen molar-refractivity contribution in [2.75, 3.05) is 0 Å². The molecule has 0 aliphatic rings. The number of halogens is 18. The summed E-state index contributed by atoms with van der Waals surface area (Å²) >= 11 is 0. The fourth-order valence-electron chi connectivity index (χ4n) is 8.53. The third kappa shape index (κ3) is 21.7. The van der Waals surface area contributed by atoms with Gasteiger partial charge in [-0.15, -0.1) is 0 Å². The van der Waals surface area contributed by atoms with Crippen LogP contribution < -0.4 is 0 Å². The minimum atomic E-state index is -2.59. The van der Waals surface area contributed by atoms with E-state index in [-0.39, 0.29) is 11.6 Å². The monoisotopic (exact) mass is 1350 g/mol. The summed E-state index contributed by atoms with van der Waals surface area (Å²) in [6, 6.07) is 49.1. The molecule has 508 valence electrons. The molecule has 0 atom stereocenters. The summed E-state index contributed by atoms with van der Waals surface area (Å²) in [6.07, 6.45) is 11.7. The first kappa shape index (κ1) is 80.7. The molecule has 0 aliphatic heterocycles. The molecular weight excluding hydrogens is 1280 g/mol. The summed E-state index contributed by atoms with van der Waals surface area (Å²) in [5, 5.41) is -3.05. The molecule has 0 nitrogen and oxygen atoms in total. The first-order chi connectivity index (χ1) is 45.6. The molecule has 0 bridgehead atoms. The van der Waals surface area contributed by atoms with Crippen molar-refractivity contribution in [2.24, 2.45) is 0 Å². The van der Waals surface area contributed by atoms with Gasteiger partial charge in [-0.2, -0.15) is 0 Å². The van der Waals surface area contributed by atoms with Gasteiger partial charge in [0.15, 0.2) is 81.4 Å². The molecule has 0 saturated carbocycles. The van der Waals surface area contributed by atoms with Crippen molar-refractivity contribution in [1.29, 1.82) is 0 Å². The maximum atomic E-state index is 13.7. The zero-order chi connectivity index (χ0) is 72.1.